The van der Waals surface area contributed by atoms with Gasteiger partial charge in [-0.2, -0.15) is 0 Å². The number of benzene rings is 2. The summed E-state index contributed by atoms with van der Waals surface area (Å²) < 4.78 is 21.0. The smallest absolute Gasteiger partial charge is 0.261 e. The van der Waals surface area contributed by atoms with Crippen molar-refractivity contribution in [1.29, 1.82) is 0 Å². The molecule has 5 nitrogen and oxygen atoms in total. The van der Waals surface area contributed by atoms with E-state index in [1.807, 2.05) is 0 Å². The molecule has 1 aliphatic carbocycles. The maximum absolute atomic E-state index is 15.5. The predicted molar refractivity (Wildman–Crippen MR) is 110 cm³/mol. The maximum atomic E-state index is 15.5. The molecular formula is C23H16ClFN2O3. The first-order valence-corrected chi connectivity index (χ1v) is 10.00. The molecule has 150 valence electrons. The number of nitrogens with zero attached hydrogens (tertiary/aromatic N) is 2. The summed E-state index contributed by atoms with van der Waals surface area (Å²) in [6.45, 7) is -0.410. The number of carbonyl (C=O) groups is 2. The van der Waals surface area contributed by atoms with Gasteiger partial charge in [-0.3, -0.25) is 14.5 Å². The Morgan fingerprint density at radius 1 is 1.03 bits per heavy atom. The molecule has 2 aliphatic rings. The van der Waals surface area contributed by atoms with E-state index in [1.165, 1.54) is 0 Å². The number of allylic oxidation sites excluding steroid dienone is 1. The SMILES string of the molecule is O=C1c2ccccc2C(=O)N1C/C(F)=C1/CCCc2onc(-c3ccc(Cl)cc3)c21. The average Bonchev–Trinajstić information content (AvgIpc) is 3.30. The number of imide groups is 1. The number of carbonyl (C=O) groups excluding carboxylic acids is 2. The third-order valence-corrected chi connectivity index (χ3v) is 5.77. The minimum absolute atomic E-state index is 0.302. The molecule has 2 heterocycles. The standard InChI is InChI=1S/C23H16ClFN2O3/c24-14-10-8-13(9-11-14)21-20-17(6-3-7-19(20)30-26-21)18(25)12-27-22(28)15-4-1-2-5-16(15)23(27)29/h1-2,4-5,8-11H,3,6-7,12H2/b18-17+. The number of rotatable bonds is 3. The second-order valence-electron chi connectivity index (χ2n) is 7.32. The molecule has 1 aliphatic heterocycles. The molecule has 0 bridgehead atoms. The van der Waals surface area contributed by atoms with E-state index in [2.05, 4.69) is 5.16 Å². The first-order valence-electron chi connectivity index (χ1n) is 9.62. The average molecular weight is 423 g/mol. The lowest BCUT2D eigenvalue weighted by molar-refractivity contribution is 0.0660. The fourth-order valence-electron chi connectivity index (χ4n) is 4.05. The molecule has 3 aromatic rings. The third-order valence-electron chi connectivity index (χ3n) is 5.52. The van der Waals surface area contributed by atoms with E-state index in [4.69, 9.17) is 16.1 Å². The lowest BCUT2D eigenvalue weighted by Gasteiger charge is -2.18. The number of halogens is 2. The van der Waals surface area contributed by atoms with E-state index < -0.39 is 24.2 Å². The summed E-state index contributed by atoms with van der Waals surface area (Å²) in [5, 5.41) is 4.74. The molecule has 5 rings (SSSR count). The number of aromatic nitrogens is 1. The van der Waals surface area contributed by atoms with Gasteiger partial charge in [-0.25, -0.2) is 4.39 Å². The molecule has 7 heteroatoms. The van der Waals surface area contributed by atoms with Crippen molar-refractivity contribution in [2.75, 3.05) is 6.54 Å². The van der Waals surface area contributed by atoms with E-state index >= 15 is 4.39 Å². The van der Waals surface area contributed by atoms with Crippen molar-refractivity contribution >= 4 is 29.0 Å². The largest absolute Gasteiger partial charge is 0.360 e. The van der Waals surface area contributed by atoms with Crippen LogP contribution in [0.5, 0.6) is 0 Å². The van der Waals surface area contributed by atoms with Crippen molar-refractivity contribution in [2.24, 2.45) is 0 Å². The third kappa shape index (κ3) is 2.95. The van der Waals surface area contributed by atoms with E-state index in [9.17, 15) is 9.59 Å². The Morgan fingerprint density at radius 3 is 2.37 bits per heavy atom. The fourth-order valence-corrected chi connectivity index (χ4v) is 4.18. The van der Waals surface area contributed by atoms with E-state index in [1.54, 1.807) is 48.5 Å². The van der Waals surface area contributed by atoms with Crippen molar-refractivity contribution < 1.29 is 18.5 Å². The van der Waals surface area contributed by atoms with Gasteiger partial charge < -0.3 is 4.52 Å². The van der Waals surface area contributed by atoms with Gasteiger partial charge in [0.15, 0.2) is 0 Å². The predicted octanol–water partition coefficient (Wildman–Crippen LogP) is 5.31. The van der Waals surface area contributed by atoms with Crippen LogP contribution in [0.1, 0.15) is 44.9 Å². The molecule has 0 radical (unpaired) electrons. The number of hydrogen-bond acceptors (Lipinski definition) is 4. The molecule has 2 aromatic carbocycles. The summed E-state index contributed by atoms with van der Waals surface area (Å²) in [5.41, 5.74) is 2.94. The van der Waals surface area contributed by atoms with Crippen molar-refractivity contribution in [1.82, 2.24) is 10.1 Å². The van der Waals surface area contributed by atoms with E-state index in [0.29, 0.717) is 58.0 Å². The van der Waals surface area contributed by atoms with Gasteiger partial charge in [0, 0.05) is 17.0 Å². The molecule has 0 fully saturated rings. The van der Waals surface area contributed by atoms with Gasteiger partial charge in [0.2, 0.25) is 0 Å². The zero-order chi connectivity index (χ0) is 20.8. The lowest BCUT2D eigenvalue weighted by atomic mass is 9.88. The van der Waals surface area contributed by atoms with Gasteiger partial charge in [0.05, 0.1) is 23.2 Å². The van der Waals surface area contributed by atoms with Gasteiger partial charge in [-0.05, 0) is 42.7 Å². The molecule has 0 saturated carbocycles. The summed E-state index contributed by atoms with van der Waals surface area (Å²) in [5.74, 6) is -0.876. The topological polar surface area (TPSA) is 63.4 Å². The Bertz CT molecular complexity index is 1180. The van der Waals surface area contributed by atoms with Gasteiger partial charge in [0.1, 0.15) is 17.3 Å². The number of amides is 2. The second kappa shape index (κ2) is 7.22. The van der Waals surface area contributed by atoms with Crippen LogP contribution in [0.25, 0.3) is 16.8 Å². The molecule has 2 amide bonds. The Hall–Kier alpha value is -3.25. The van der Waals surface area contributed by atoms with Crippen molar-refractivity contribution in [3.8, 4) is 11.3 Å². The molecule has 0 spiro atoms. The minimum atomic E-state index is -0.524. The van der Waals surface area contributed by atoms with Gasteiger partial charge in [-0.1, -0.05) is 41.0 Å². The minimum Gasteiger partial charge on any atom is -0.360 e. The molecule has 0 saturated heterocycles. The lowest BCUT2D eigenvalue weighted by Crippen LogP contribution is -2.31. The summed E-state index contributed by atoms with van der Waals surface area (Å²) in [7, 11) is 0. The van der Waals surface area contributed by atoms with Gasteiger partial charge in [-0.15, -0.1) is 0 Å². The highest BCUT2D eigenvalue weighted by Gasteiger charge is 2.37. The summed E-state index contributed by atoms with van der Waals surface area (Å²) in [4.78, 5) is 26.2. The molecular weight excluding hydrogens is 407 g/mol. The molecule has 30 heavy (non-hydrogen) atoms. The first-order chi connectivity index (χ1) is 14.5. The van der Waals surface area contributed by atoms with Gasteiger partial charge >= 0.3 is 0 Å². The van der Waals surface area contributed by atoms with Gasteiger partial charge in [0.25, 0.3) is 11.8 Å². The number of hydrogen-bond donors (Lipinski definition) is 0. The van der Waals surface area contributed by atoms with Crippen LogP contribution in [0.2, 0.25) is 5.02 Å². The van der Waals surface area contributed by atoms with Crippen LogP contribution in [-0.4, -0.2) is 28.4 Å². The van der Waals surface area contributed by atoms with E-state index in [-0.39, 0.29) is 0 Å². The summed E-state index contributed by atoms with van der Waals surface area (Å²) in [6.07, 6.45) is 1.83. The van der Waals surface area contributed by atoms with Crippen molar-refractivity contribution in [2.45, 2.75) is 19.3 Å². The highest BCUT2D eigenvalue weighted by molar-refractivity contribution is 6.30. The monoisotopic (exact) mass is 422 g/mol. The van der Waals surface area contributed by atoms with Crippen LogP contribution in [-0.2, 0) is 6.42 Å². The Labute approximate surface area is 176 Å². The Balaban J connectivity index is 1.53. The zero-order valence-corrected chi connectivity index (χ0v) is 16.6. The second-order valence-corrected chi connectivity index (χ2v) is 7.75. The van der Waals surface area contributed by atoms with Crippen molar-refractivity contribution in [3.63, 3.8) is 0 Å². The highest BCUT2D eigenvalue weighted by atomic mass is 35.5. The van der Waals surface area contributed by atoms with Crippen molar-refractivity contribution in [3.05, 3.63) is 81.8 Å². The molecule has 0 N–H and O–H groups in total. The molecule has 1 aromatic heterocycles. The number of aryl methyl sites for hydroxylation is 1. The quantitative estimate of drug-likeness (QED) is 0.537. The summed E-state index contributed by atoms with van der Waals surface area (Å²) >= 11 is 5.97. The Morgan fingerprint density at radius 2 is 1.70 bits per heavy atom. The van der Waals surface area contributed by atoms with Crippen LogP contribution in [0, 0.1) is 0 Å². The molecule has 0 atom stereocenters. The first kappa shape index (κ1) is 18.8. The normalized spacial score (nSPS) is 17.2. The van der Waals surface area contributed by atoms with Crippen LogP contribution < -0.4 is 0 Å². The highest BCUT2D eigenvalue weighted by Crippen LogP contribution is 2.40. The maximum Gasteiger partial charge on any atom is 0.261 e. The van der Waals surface area contributed by atoms with Crippen LogP contribution >= 0.6 is 11.6 Å². The fraction of sp³-hybridized carbons (Fsp3) is 0.174. The Kier molecular flexibility index (Phi) is 4.51. The van der Waals surface area contributed by atoms with Crippen LogP contribution in [0.3, 0.4) is 0 Å². The molecule has 0 unspecified atom stereocenters. The number of fused-ring (bicyclic) bond motifs is 2. The van der Waals surface area contributed by atoms with Crippen LogP contribution in [0.4, 0.5) is 4.39 Å². The van der Waals surface area contributed by atoms with Crippen LogP contribution in [0.15, 0.2) is 58.9 Å². The summed E-state index contributed by atoms with van der Waals surface area (Å²) in [6, 6.07) is 13.6. The zero-order valence-electron chi connectivity index (χ0n) is 15.8. The van der Waals surface area contributed by atoms with E-state index in [0.717, 1.165) is 10.5 Å².